The van der Waals surface area contributed by atoms with Gasteiger partial charge in [-0.05, 0) is 45.4 Å². The van der Waals surface area contributed by atoms with Crippen molar-refractivity contribution in [1.29, 1.82) is 0 Å². The zero-order valence-electron chi connectivity index (χ0n) is 17.2. The van der Waals surface area contributed by atoms with Gasteiger partial charge in [0.25, 0.3) is 0 Å². The summed E-state index contributed by atoms with van der Waals surface area (Å²) in [6.07, 6.45) is 4.07. The van der Waals surface area contributed by atoms with E-state index in [-0.39, 0.29) is 11.8 Å². The number of aliphatic carboxylic acids is 1. The SMILES string of the molecule is CC(N)C(=O)N1CCC(S(=O)(=O)N2CCN(C3CCC(C(=O)O)CC3)CC2)CC1. The van der Waals surface area contributed by atoms with E-state index >= 15 is 0 Å². The van der Waals surface area contributed by atoms with Crippen LogP contribution in [0.5, 0.6) is 0 Å². The van der Waals surface area contributed by atoms with E-state index in [4.69, 9.17) is 10.8 Å². The molecule has 1 aliphatic carbocycles. The second-order valence-corrected chi connectivity index (χ2v) is 10.8. The highest BCUT2D eigenvalue weighted by molar-refractivity contribution is 7.89. The number of nitrogens with two attached hydrogens (primary N) is 1. The molecule has 3 N–H and O–H groups in total. The number of nitrogens with zero attached hydrogens (tertiary/aromatic N) is 3. The van der Waals surface area contributed by atoms with Crippen LogP contribution in [0.3, 0.4) is 0 Å². The van der Waals surface area contributed by atoms with Crippen LogP contribution in [0.4, 0.5) is 0 Å². The maximum Gasteiger partial charge on any atom is 0.306 e. The number of hydrogen-bond donors (Lipinski definition) is 2. The molecule has 2 aliphatic heterocycles. The van der Waals surface area contributed by atoms with Gasteiger partial charge in [0, 0.05) is 45.3 Å². The van der Waals surface area contributed by atoms with Crippen LogP contribution in [0.15, 0.2) is 0 Å². The van der Waals surface area contributed by atoms with Gasteiger partial charge in [0.1, 0.15) is 0 Å². The number of piperidine rings is 1. The van der Waals surface area contributed by atoms with Crippen molar-refractivity contribution in [2.75, 3.05) is 39.3 Å². The van der Waals surface area contributed by atoms with Crippen LogP contribution in [0.2, 0.25) is 0 Å². The van der Waals surface area contributed by atoms with Gasteiger partial charge in [-0.3, -0.25) is 14.5 Å². The number of rotatable bonds is 5. The number of carboxylic acids is 1. The summed E-state index contributed by atoms with van der Waals surface area (Å²) < 4.78 is 27.7. The quantitative estimate of drug-likeness (QED) is 0.625. The van der Waals surface area contributed by atoms with Gasteiger partial charge in [-0.2, -0.15) is 4.31 Å². The molecule has 0 radical (unpaired) electrons. The Balaban J connectivity index is 1.48. The highest BCUT2D eigenvalue weighted by Gasteiger charge is 2.38. The van der Waals surface area contributed by atoms with Gasteiger partial charge in [-0.1, -0.05) is 0 Å². The fourth-order valence-corrected chi connectivity index (χ4v) is 6.78. The van der Waals surface area contributed by atoms with Crippen LogP contribution in [0.1, 0.15) is 45.4 Å². The molecule has 2 saturated heterocycles. The molecule has 1 saturated carbocycles. The first-order valence-electron chi connectivity index (χ1n) is 10.7. The Labute approximate surface area is 173 Å². The van der Waals surface area contributed by atoms with Crippen molar-refractivity contribution in [3.05, 3.63) is 0 Å². The monoisotopic (exact) mass is 430 g/mol. The molecular weight excluding hydrogens is 396 g/mol. The lowest BCUT2D eigenvalue weighted by Crippen LogP contribution is -2.55. The first-order valence-corrected chi connectivity index (χ1v) is 12.2. The van der Waals surface area contributed by atoms with Gasteiger partial charge >= 0.3 is 5.97 Å². The Hall–Kier alpha value is -1.23. The Morgan fingerprint density at radius 2 is 1.48 bits per heavy atom. The molecule has 1 unspecified atom stereocenters. The Morgan fingerprint density at radius 3 is 1.97 bits per heavy atom. The molecule has 166 valence electrons. The summed E-state index contributed by atoms with van der Waals surface area (Å²) in [5.41, 5.74) is 5.65. The standard InChI is InChI=1S/C19H34N4O5S/c1-14(20)18(24)22-8-6-17(7-9-22)29(27,28)23-12-10-21(11-13-23)16-4-2-15(3-5-16)19(25)26/h14-17H,2-13,20H2,1H3,(H,25,26). The minimum atomic E-state index is -3.37. The van der Waals surface area contributed by atoms with Gasteiger partial charge in [0.05, 0.1) is 17.2 Å². The number of carbonyl (C=O) groups excluding carboxylic acids is 1. The molecule has 2 heterocycles. The summed E-state index contributed by atoms with van der Waals surface area (Å²) in [6, 6.07) is -0.190. The maximum atomic E-state index is 13.1. The van der Waals surface area contributed by atoms with E-state index in [9.17, 15) is 18.0 Å². The molecule has 0 aromatic rings. The first-order chi connectivity index (χ1) is 13.7. The Morgan fingerprint density at radius 1 is 0.931 bits per heavy atom. The number of hydrogen-bond acceptors (Lipinski definition) is 6. The van der Waals surface area contributed by atoms with Gasteiger partial charge < -0.3 is 15.7 Å². The Kier molecular flexibility index (Phi) is 7.19. The lowest BCUT2D eigenvalue weighted by molar-refractivity contribution is -0.143. The van der Waals surface area contributed by atoms with Gasteiger partial charge in [0.15, 0.2) is 0 Å². The van der Waals surface area contributed by atoms with E-state index in [1.165, 1.54) is 0 Å². The largest absolute Gasteiger partial charge is 0.481 e. The number of amides is 1. The predicted molar refractivity (Wildman–Crippen MR) is 109 cm³/mol. The molecule has 0 bridgehead atoms. The molecular formula is C19H34N4O5S. The predicted octanol–water partition coefficient (Wildman–Crippen LogP) is -0.0846. The number of sulfonamides is 1. The second kappa shape index (κ2) is 9.28. The van der Waals surface area contributed by atoms with Crippen molar-refractivity contribution >= 4 is 21.9 Å². The van der Waals surface area contributed by atoms with Crippen molar-refractivity contribution in [3.63, 3.8) is 0 Å². The summed E-state index contributed by atoms with van der Waals surface area (Å²) >= 11 is 0. The molecule has 3 fully saturated rings. The molecule has 3 rings (SSSR count). The molecule has 1 amide bonds. The average Bonchev–Trinajstić information content (AvgIpc) is 2.73. The Bertz CT molecular complexity index is 689. The van der Waals surface area contributed by atoms with Crippen molar-refractivity contribution in [2.24, 2.45) is 11.7 Å². The van der Waals surface area contributed by atoms with E-state index < -0.39 is 27.3 Å². The van der Waals surface area contributed by atoms with E-state index in [2.05, 4.69) is 4.90 Å². The highest BCUT2D eigenvalue weighted by Crippen LogP contribution is 2.29. The number of carbonyl (C=O) groups is 2. The fraction of sp³-hybridized carbons (Fsp3) is 0.895. The number of likely N-dealkylation sites (tertiary alicyclic amines) is 1. The minimum absolute atomic E-state index is 0.118. The van der Waals surface area contributed by atoms with Crippen LogP contribution in [0.25, 0.3) is 0 Å². The number of carboxylic acid groups (broad SMARTS) is 1. The third-order valence-corrected chi connectivity index (χ3v) is 9.16. The summed E-state index contributed by atoms with van der Waals surface area (Å²) in [4.78, 5) is 27.1. The summed E-state index contributed by atoms with van der Waals surface area (Å²) in [5.74, 6) is -1.05. The van der Waals surface area contributed by atoms with Crippen LogP contribution in [-0.2, 0) is 19.6 Å². The molecule has 1 atom stereocenters. The van der Waals surface area contributed by atoms with E-state index in [1.54, 1.807) is 16.1 Å². The first kappa shape index (κ1) is 22.5. The van der Waals surface area contributed by atoms with Gasteiger partial charge in [0.2, 0.25) is 15.9 Å². The molecule has 9 nitrogen and oxygen atoms in total. The van der Waals surface area contributed by atoms with Crippen LogP contribution >= 0.6 is 0 Å². The lowest BCUT2D eigenvalue weighted by atomic mass is 9.85. The molecule has 3 aliphatic rings. The maximum absolute atomic E-state index is 13.1. The van der Waals surface area contributed by atoms with Crippen LogP contribution < -0.4 is 5.73 Å². The normalized spacial score (nSPS) is 29.5. The lowest BCUT2D eigenvalue weighted by Gasteiger charge is -2.42. The summed E-state index contributed by atoms with van der Waals surface area (Å²) in [7, 11) is -3.37. The van der Waals surface area contributed by atoms with Crippen molar-refractivity contribution in [2.45, 2.75) is 62.8 Å². The second-order valence-electron chi connectivity index (χ2n) is 8.64. The molecule has 10 heteroatoms. The highest BCUT2D eigenvalue weighted by atomic mass is 32.2. The summed E-state index contributed by atoms with van der Waals surface area (Å²) in [5, 5.41) is 8.71. The third kappa shape index (κ3) is 5.10. The van der Waals surface area contributed by atoms with Crippen molar-refractivity contribution < 1.29 is 23.1 Å². The zero-order valence-corrected chi connectivity index (χ0v) is 18.0. The fourth-order valence-electron chi connectivity index (χ4n) is 4.88. The van der Waals surface area contributed by atoms with Crippen LogP contribution in [0, 0.1) is 5.92 Å². The molecule has 29 heavy (non-hydrogen) atoms. The average molecular weight is 431 g/mol. The van der Waals surface area contributed by atoms with E-state index in [0.717, 1.165) is 12.8 Å². The topological polar surface area (TPSA) is 124 Å². The van der Waals surface area contributed by atoms with E-state index in [1.807, 2.05) is 0 Å². The van der Waals surface area contributed by atoms with Gasteiger partial charge in [-0.15, -0.1) is 0 Å². The smallest absolute Gasteiger partial charge is 0.306 e. The molecule has 0 aromatic carbocycles. The zero-order chi connectivity index (χ0) is 21.2. The van der Waals surface area contributed by atoms with Crippen molar-refractivity contribution in [3.8, 4) is 0 Å². The van der Waals surface area contributed by atoms with Gasteiger partial charge in [-0.25, -0.2) is 8.42 Å². The molecule has 0 aromatic heterocycles. The van der Waals surface area contributed by atoms with Crippen LogP contribution in [-0.4, -0.2) is 96.1 Å². The van der Waals surface area contributed by atoms with E-state index in [0.29, 0.717) is 71.0 Å². The summed E-state index contributed by atoms with van der Waals surface area (Å²) in [6.45, 7) is 4.90. The van der Waals surface area contributed by atoms with Crippen molar-refractivity contribution in [1.82, 2.24) is 14.1 Å². The molecule has 0 spiro atoms. The minimum Gasteiger partial charge on any atom is -0.481 e. The number of piperazine rings is 1. The third-order valence-electron chi connectivity index (χ3n) is 6.76.